The zero-order valence-electron chi connectivity index (χ0n) is 17.6. The van der Waals surface area contributed by atoms with Crippen LogP contribution in [0, 0.1) is 23.4 Å². The van der Waals surface area contributed by atoms with Crippen molar-refractivity contribution in [1.82, 2.24) is 0 Å². The first-order valence-corrected chi connectivity index (χ1v) is 10.6. The van der Waals surface area contributed by atoms with Gasteiger partial charge in [0.05, 0.1) is 13.2 Å². The highest BCUT2D eigenvalue weighted by Gasteiger charge is 2.22. The van der Waals surface area contributed by atoms with Crippen LogP contribution in [0.3, 0.4) is 0 Å². The maximum Gasteiger partial charge on any atom is 0.183 e. The Bertz CT molecular complexity index is 1050. The maximum atomic E-state index is 14.8. The summed E-state index contributed by atoms with van der Waals surface area (Å²) in [7, 11) is 0. The Labute approximate surface area is 180 Å². The molecule has 1 aliphatic heterocycles. The predicted octanol–water partition coefficient (Wildman–Crippen LogP) is 7.07. The van der Waals surface area contributed by atoms with E-state index in [0.29, 0.717) is 53.4 Å². The van der Waals surface area contributed by atoms with Crippen molar-refractivity contribution in [2.45, 2.75) is 33.0 Å². The highest BCUT2D eigenvalue weighted by molar-refractivity contribution is 5.71. The summed E-state index contributed by atoms with van der Waals surface area (Å²) in [4.78, 5) is 0. The summed E-state index contributed by atoms with van der Waals surface area (Å²) in [6.45, 7) is 5.10. The van der Waals surface area contributed by atoms with Crippen LogP contribution in [0.15, 0.2) is 54.6 Å². The lowest BCUT2D eigenvalue weighted by Gasteiger charge is -2.27. The van der Waals surface area contributed by atoms with Crippen LogP contribution < -0.4 is 0 Å². The smallest absolute Gasteiger partial charge is 0.183 e. The monoisotopic (exact) mass is 426 g/mol. The molecular formula is C26H25F3O2. The molecule has 5 heteroatoms. The lowest BCUT2D eigenvalue weighted by molar-refractivity contribution is -0.202. The molecule has 0 unspecified atom stereocenters. The largest absolute Gasteiger partial charge is 0.348 e. The molecule has 0 aromatic heterocycles. The van der Waals surface area contributed by atoms with Gasteiger partial charge in [0, 0.05) is 22.6 Å². The third-order valence-corrected chi connectivity index (χ3v) is 5.52. The second-order valence-electron chi connectivity index (χ2n) is 8.07. The van der Waals surface area contributed by atoms with Crippen LogP contribution in [0.25, 0.3) is 22.3 Å². The molecule has 31 heavy (non-hydrogen) atoms. The maximum absolute atomic E-state index is 14.8. The topological polar surface area (TPSA) is 18.5 Å². The van der Waals surface area contributed by atoms with Crippen molar-refractivity contribution in [2.24, 2.45) is 5.92 Å². The fraction of sp³-hybridized carbons (Fsp3) is 0.308. The Hall–Kier alpha value is -2.63. The fourth-order valence-corrected chi connectivity index (χ4v) is 3.81. The summed E-state index contributed by atoms with van der Waals surface area (Å²) in [6, 6.07) is 14.9. The van der Waals surface area contributed by atoms with Gasteiger partial charge in [0.2, 0.25) is 0 Å². The molecule has 3 aromatic carbocycles. The molecular weight excluding hydrogens is 401 g/mol. The molecule has 0 amide bonds. The molecule has 0 aliphatic carbocycles. The Balaban J connectivity index is 1.57. The van der Waals surface area contributed by atoms with Crippen molar-refractivity contribution in [3.8, 4) is 22.3 Å². The molecule has 1 aliphatic rings. The third-order valence-electron chi connectivity index (χ3n) is 5.52. The van der Waals surface area contributed by atoms with Crippen LogP contribution in [-0.2, 0) is 15.9 Å². The third kappa shape index (κ3) is 4.53. The molecule has 162 valence electrons. The van der Waals surface area contributed by atoms with Gasteiger partial charge >= 0.3 is 0 Å². The van der Waals surface area contributed by atoms with Crippen molar-refractivity contribution >= 4 is 0 Å². The zero-order valence-corrected chi connectivity index (χ0v) is 17.6. The summed E-state index contributed by atoms with van der Waals surface area (Å²) in [5.41, 5.74) is 2.82. The van der Waals surface area contributed by atoms with E-state index in [1.165, 1.54) is 6.07 Å². The highest BCUT2D eigenvalue weighted by atomic mass is 19.2. The number of halogens is 3. The number of ether oxygens (including phenoxy) is 2. The van der Waals surface area contributed by atoms with Gasteiger partial charge in [-0.15, -0.1) is 0 Å². The number of hydrogen-bond donors (Lipinski definition) is 0. The first-order chi connectivity index (χ1) is 15.0. The molecule has 0 atom stereocenters. The summed E-state index contributed by atoms with van der Waals surface area (Å²) in [5.74, 6) is -1.72. The molecule has 3 aromatic rings. The molecule has 0 N–H and O–H groups in total. The molecule has 0 saturated carbocycles. The summed E-state index contributed by atoms with van der Waals surface area (Å²) >= 11 is 0. The fourth-order valence-electron chi connectivity index (χ4n) is 3.81. The Kier molecular flexibility index (Phi) is 6.44. The van der Waals surface area contributed by atoms with E-state index in [2.05, 4.69) is 0 Å². The second-order valence-corrected chi connectivity index (χ2v) is 8.07. The van der Waals surface area contributed by atoms with Crippen LogP contribution in [0.2, 0.25) is 0 Å². The van der Waals surface area contributed by atoms with Crippen molar-refractivity contribution in [2.75, 3.05) is 13.2 Å². The minimum atomic E-state index is -0.851. The van der Waals surface area contributed by atoms with Gasteiger partial charge < -0.3 is 9.47 Å². The van der Waals surface area contributed by atoms with Crippen LogP contribution in [-0.4, -0.2) is 13.2 Å². The molecule has 0 bridgehead atoms. The highest BCUT2D eigenvalue weighted by Crippen LogP contribution is 2.32. The lowest BCUT2D eigenvalue weighted by atomic mass is 9.97. The second kappa shape index (κ2) is 9.25. The minimum Gasteiger partial charge on any atom is -0.348 e. The predicted molar refractivity (Wildman–Crippen MR) is 115 cm³/mol. The number of hydrogen-bond acceptors (Lipinski definition) is 2. The summed E-state index contributed by atoms with van der Waals surface area (Å²) in [5, 5.41) is 0. The van der Waals surface area contributed by atoms with Crippen molar-refractivity contribution in [1.29, 1.82) is 0 Å². The van der Waals surface area contributed by atoms with Crippen LogP contribution in [0.4, 0.5) is 13.2 Å². The lowest BCUT2D eigenvalue weighted by Crippen LogP contribution is -2.25. The first-order valence-electron chi connectivity index (χ1n) is 10.6. The molecule has 1 heterocycles. The average Bonchev–Trinajstić information content (AvgIpc) is 2.78. The Morgan fingerprint density at radius 2 is 1.42 bits per heavy atom. The number of benzene rings is 3. The van der Waals surface area contributed by atoms with Crippen LogP contribution >= 0.6 is 0 Å². The number of aryl methyl sites for hydroxylation is 1. The SMILES string of the molecule is CCCc1ccc(-c2ccc(-c3ccc(C4OCC(C)CO4)cc3F)cc2)c(F)c1F. The van der Waals surface area contributed by atoms with E-state index in [-0.39, 0.29) is 5.56 Å². The van der Waals surface area contributed by atoms with Crippen LogP contribution in [0.1, 0.15) is 37.7 Å². The standard InChI is InChI=1S/C26H25F3O2/c1-3-4-19-9-12-22(25(29)24(19)28)18-7-5-17(6-8-18)21-11-10-20(13-23(21)27)26-30-14-16(2)15-31-26/h5-13,16,26H,3-4,14-15H2,1-2H3. The van der Waals surface area contributed by atoms with Gasteiger partial charge in [0.25, 0.3) is 0 Å². The van der Waals surface area contributed by atoms with E-state index < -0.39 is 23.7 Å². The van der Waals surface area contributed by atoms with Gasteiger partial charge in [-0.25, -0.2) is 13.2 Å². The van der Waals surface area contributed by atoms with Crippen molar-refractivity contribution < 1.29 is 22.6 Å². The van der Waals surface area contributed by atoms with Gasteiger partial charge in [-0.2, -0.15) is 0 Å². The molecule has 2 nitrogen and oxygen atoms in total. The Morgan fingerprint density at radius 1 is 0.806 bits per heavy atom. The van der Waals surface area contributed by atoms with Gasteiger partial charge in [-0.1, -0.05) is 68.8 Å². The molecule has 0 radical (unpaired) electrons. The first kappa shape index (κ1) is 21.6. The minimum absolute atomic E-state index is 0.195. The van der Waals surface area contributed by atoms with Crippen molar-refractivity contribution in [3.63, 3.8) is 0 Å². The van der Waals surface area contributed by atoms with Gasteiger partial charge in [-0.3, -0.25) is 0 Å². The van der Waals surface area contributed by atoms with E-state index in [0.717, 1.165) is 6.42 Å². The molecule has 1 fully saturated rings. The van der Waals surface area contributed by atoms with Crippen LogP contribution in [0.5, 0.6) is 0 Å². The quantitative estimate of drug-likeness (QED) is 0.434. The average molecular weight is 426 g/mol. The van der Waals surface area contributed by atoms with E-state index in [4.69, 9.17) is 9.47 Å². The zero-order chi connectivity index (χ0) is 22.0. The molecule has 0 spiro atoms. The normalized spacial score (nSPS) is 18.9. The van der Waals surface area contributed by atoms with Gasteiger partial charge in [0.1, 0.15) is 5.82 Å². The van der Waals surface area contributed by atoms with E-state index in [1.54, 1.807) is 48.5 Å². The van der Waals surface area contributed by atoms with Gasteiger partial charge in [-0.05, 0) is 29.2 Å². The van der Waals surface area contributed by atoms with Crippen molar-refractivity contribution in [3.05, 3.63) is 83.2 Å². The Morgan fingerprint density at radius 3 is 2.03 bits per heavy atom. The summed E-state index contributed by atoms with van der Waals surface area (Å²) in [6.07, 6.45) is 0.677. The molecule has 4 rings (SSSR count). The number of rotatable bonds is 5. The van der Waals surface area contributed by atoms with E-state index in [1.807, 2.05) is 13.8 Å². The summed E-state index contributed by atoms with van der Waals surface area (Å²) < 4.78 is 54.9. The van der Waals surface area contributed by atoms with Gasteiger partial charge in [0.15, 0.2) is 17.9 Å². The molecule has 1 saturated heterocycles. The van der Waals surface area contributed by atoms with E-state index in [9.17, 15) is 13.2 Å². The van der Waals surface area contributed by atoms with E-state index >= 15 is 0 Å².